The number of nitrogens with one attached hydrogen (secondary N) is 1. The average Bonchev–Trinajstić information content (AvgIpc) is 3.39. The van der Waals surface area contributed by atoms with E-state index in [-0.39, 0.29) is 0 Å². The number of fused-ring (bicyclic) bond motifs is 6. The second-order valence-corrected chi connectivity index (χ2v) is 7.16. The quantitative estimate of drug-likeness (QED) is 0.712. The second-order valence-electron chi connectivity index (χ2n) is 7.16. The summed E-state index contributed by atoms with van der Waals surface area (Å²) in [5, 5.41) is 10.6. The molecule has 5 aliphatic rings. The lowest BCUT2D eigenvalue weighted by molar-refractivity contribution is 0.399. The topological polar surface area (TPSA) is 69.3 Å². The highest BCUT2D eigenvalue weighted by molar-refractivity contribution is 6.01. The fourth-order valence-corrected chi connectivity index (χ4v) is 4.22. The molecule has 1 fully saturated rings. The fourth-order valence-electron chi connectivity index (χ4n) is 4.22. The smallest absolute Gasteiger partial charge is 0.0730 e. The van der Waals surface area contributed by atoms with Gasteiger partial charge in [0.05, 0.1) is 12.1 Å². The predicted octanol–water partition coefficient (Wildman–Crippen LogP) is 3.09. The Kier molecular flexibility index (Phi) is 4.66. The van der Waals surface area contributed by atoms with Crippen LogP contribution in [0.1, 0.15) is 51.4 Å². The summed E-state index contributed by atoms with van der Waals surface area (Å²) >= 11 is 0. The Bertz CT molecular complexity index is 739. The molecule has 0 amide bonds. The molecule has 0 spiro atoms. The molecule has 5 rings (SSSR count). The molecule has 5 heteroatoms. The molecule has 0 aromatic heterocycles. The molecule has 0 aromatic carbocycles. The molecule has 5 nitrogen and oxygen atoms in total. The summed E-state index contributed by atoms with van der Waals surface area (Å²) in [6.07, 6.45) is 15.6. The molecule has 8 bridgehead atoms. The van der Waals surface area contributed by atoms with Gasteiger partial charge in [-0.3, -0.25) is 15.0 Å². The molecule has 0 radical (unpaired) electrons. The van der Waals surface area contributed by atoms with Crippen molar-refractivity contribution in [1.29, 1.82) is 0 Å². The maximum absolute atomic E-state index is 7.00. The van der Waals surface area contributed by atoms with Crippen molar-refractivity contribution in [3.8, 4) is 0 Å². The molecule has 0 aliphatic carbocycles. The lowest BCUT2D eigenvalue weighted by Crippen LogP contribution is -2.17. The Morgan fingerprint density at radius 1 is 0.760 bits per heavy atom. The Morgan fingerprint density at radius 3 is 2.04 bits per heavy atom. The highest BCUT2D eigenvalue weighted by atomic mass is 16.2. The minimum atomic E-state index is 0.387. The lowest BCUT2D eigenvalue weighted by atomic mass is 10.0. The molecule has 5 aliphatic heterocycles. The van der Waals surface area contributed by atoms with Crippen molar-refractivity contribution in [3.05, 3.63) is 35.3 Å². The van der Waals surface area contributed by atoms with Gasteiger partial charge < -0.3 is 10.4 Å². The number of aliphatic imine (C=N–C) groups is 3. The van der Waals surface area contributed by atoms with Crippen molar-refractivity contribution in [2.75, 3.05) is 7.11 Å². The minimum absolute atomic E-state index is 0.387. The third-order valence-electron chi connectivity index (χ3n) is 5.42. The first-order valence-corrected chi connectivity index (χ1v) is 9.36. The zero-order valence-electron chi connectivity index (χ0n) is 14.8. The Hall–Kier alpha value is -2.01. The van der Waals surface area contributed by atoms with Crippen molar-refractivity contribution in [1.82, 2.24) is 5.32 Å². The summed E-state index contributed by atoms with van der Waals surface area (Å²) in [6, 6.07) is 0.778. The van der Waals surface area contributed by atoms with E-state index >= 15 is 0 Å². The van der Waals surface area contributed by atoms with Crippen molar-refractivity contribution < 1.29 is 5.11 Å². The van der Waals surface area contributed by atoms with Crippen LogP contribution in [0, 0.1) is 0 Å². The molecule has 2 unspecified atom stereocenters. The zero-order valence-corrected chi connectivity index (χ0v) is 14.8. The van der Waals surface area contributed by atoms with E-state index in [2.05, 4.69) is 23.5 Å². The van der Waals surface area contributed by atoms with Crippen molar-refractivity contribution >= 4 is 17.1 Å². The van der Waals surface area contributed by atoms with Gasteiger partial charge in [0, 0.05) is 41.3 Å². The number of aliphatic hydroxyl groups is 1. The molecule has 2 N–H and O–H groups in total. The minimum Gasteiger partial charge on any atom is -0.400 e. The summed E-state index contributed by atoms with van der Waals surface area (Å²) in [5.74, 6) is 0. The first kappa shape index (κ1) is 16.5. The number of aliphatic hydroxyl groups excluding tert-OH is 1. The first-order valence-electron chi connectivity index (χ1n) is 9.36. The van der Waals surface area contributed by atoms with Gasteiger partial charge in [-0.15, -0.1) is 0 Å². The molecule has 25 heavy (non-hydrogen) atoms. The van der Waals surface area contributed by atoms with Crippen LogP contribution in [0.4, 0.5) is 0 Å². The standard InChI is InChI=1S/C19H22N4.CH4O/c1-3-14-10-16-5-7-18(22-16)19-8-6-17(23-19)11-15-4-2-13(21-15)9-12(1)20-14;1-2/h9-11,18-20H,1-8H2;2H,1H3/b12-9?,14-10?,15-11-;. The van der Waals surface area contributed by atoms with Crippen molar-refractivity contribution in [3.63, 3.8) is 0 Å². The summed E-state index contributed by atoms with van der Waals surface area (Å²) in [4.78, 5) is 14.7. The summed E-state index contributed by atoms with van der Waals surface area (Å²) in [5.41, 5.74) is 7.53. The van der Waals surface area contributed by atoms with E-state index in [0.717, 1.165) is 58.5 Å². The number of hydrogen-bond acceptors (Lipinski definition) is 5. The van der Waals surface area contributed by atoms with Gasteiger partial charge in [0.2, 0.25) is 0 Å². The van der Waals surface area contributed by atoms with Crippen molar-refractivity contribution in [2.45, 2.75) is 63.5 Å². The lowest BCUT2D eigenvalue weighted by Gasteiger charge is -2.11. The number of nitrogens with zero attached hydrogens (tertiary/aromatic N) is 3. The van der Waals surface area contributed by atoms with Gasteiger partial charge in [0.15, 0.2) is 0 Å². The van der Waals surface area contributed by atoms with E-state index in [1.165, 1.54) is 34.2 Å². The van der Waals surface area contributed by atoms with E-state index in [1.54, 1.807) is 0 Å². The van der Waals surface area contributed by atoms with E-state index in [9.17, 15) is 0 Å². The van der Waals surface area contributed by atoms with Gasteiger partial charge in [-0.2, -0.15) is 0 Å². The number of allylic oxidation sites excluding steroid dienone is 6. The van der Waals surface area contributed by atoms with Crippen LogP contribution in [-0.4, -0.2) is 41.4 Å². The van der Waals surface area contributed by atoms with Gasteiger partial charge in [-0.25, -0.2) is 0 Å². The van der Waals surface area contributed by atoms with Gasteiger partial charge in [-0.1, -0.05) is 0 Å². The number of rotatable bonds is 0. The fraction of sp³-hybridized carbons (Fsp3) is 0.550. The Balaban J connectivity index is 0.000000758. The van der Waals surface area contributed by atoms with E-state index in [1.807, 2.05) is 0 Å². The van der Waals surface area contributed by atoms with Gasteiger partial charge >= 0.3 is 0 Å². The van der Waals surface area contributed by atoms with Crippen LogP contribution in [0.15, 0.2) is 50.3 Å². The highest BCUT2D eigenvalue weighted by Gasteiger charge is 2.29. The monoisotopic (exact) mass is 338 g/mol. The van der Waals surface area contributed by atoms with E-state index in [0.29, 0.717) is 12.1 Å². The summed E-state index contributed by atoms with van der Waals surface area (Å²) < 4.78 is 0. The van der Waals surface area contributed by atoms with Crippen LogP contribution in [0.5, 0.6) is 0 Å². The molecule has 1 saturated heterocycles. The Morgan fingerprint density at radius 2 is 1.36 bits per heavy atom. The molecule has 0 aromatic rings. The maximum Gasteiger partial charge on any atom is 0.0730 e. The largest absolute Gasteiger partial charge is 0.400 e. The van der Waals surface area contributed by atoms with Crippen LogP contribution in [0.25, 0.3) is 0 Å². The van der Waals surface area contributed by atoms with Gasteiger partial charge in [-0.05, 0) is 69.6 Å². The summed E-state index contributed by atoms with van der Waals surface area (Å²) in [7, 11) is 1.00. The van der Waals surface area contributed by atoms with Crippen LogP contribution in [-0.2, 0) is 0 Å². The first-order chi connectivity index (χ1) is 12.3. The molecular weight excluding hydrogens is 312 g/mol. The molecule has 2 atom stereocenters. The normalized spacial score (nSPS) is 31.8. The molecule has 0 saturated carbocycles. The molecule has 132 valence electrons. The molecular formula is C20H26N4O. The van der Waals surface area contributed by atoms with E-state index in [4.69, 9.17) is 20.1 Å². The van der Waals surface area contributed by atoms with Crippen LogP contribution in [0.3, 0.4) is 0 Å². The van der Waals surface area contributed by atoms with Gasteiger partial charge in [0.25, 0.3) is 0 Å². The third kappa shape index (κ3) is 3.52. The van der Waals surface area contributed by atoms with Crippen LogP contribution < -0.4 is 5.32 Å². The highest BCUT2D eigenvalue weighted by Crippen LogP contribution is 2.30. The predicted molar refractivity (Wildman–Crippen MR) is 102 cm³/mol. The summed E-state index contributed by atoms with van der Waals surface area (Å²) in [6.45, 7) is 0. The van der Waals surface area contributed by atoms with Crippen LogP contribution >= 0.6 is 0 Å². The van der Waals surface area contributed by atoms with Crippen LogP contribution in [0.2, 0.25) is 0 Å². The SMILES string of the molecule is C1=C2CCC(=CC3=NC(CC3)C3CCC(=N3)/C=C3/CCC1=N3)N2.CO. The molecule has 5 heterocycles. The second kappa shape index (κ2) is 7.08. The average molecular weight is 338 g/mol. The van der Waals surface area contributed by atoms with Crippen molar-refractivity contribution in [2.24, 2.45) is 15.0 Å². The number of hydrogen-bond donors (Lipinski definition) is 2. The third-order valence-corrected chi connectivity index (χ3v) is 5.42. The van der Waals surface area contributed by atoms with E-state index < -0.39 is 0 Å². The zero-order chi connectivity index (χ0) is 17.2. The maximum atomic E-state index is 7.00. The van der Waals surface area contributed by atoms with Gasteiger partial charge in [0.1, 0.15) is 0 Å². The Labute approximate surface area is 149 Å².